The fraction of sp³-hybridized carbons (Fsp3) is 0.667. The smallest absolute Gasteiger partial charge is 0.324 e. The van der Waals surface area contributed by atoms with Gasteiger partial charge in [0.05, 0.1) is 6.61 Å². The molecule has 62 valence electrons. The first kappa shape index (κ1) is 8.00. The summed E-state index contributed by atoms with van der Waals surface area (Å²) in [5.41, 5.74) is 0. The molecule has 11 heavy (non-hydrogen) atoms. The van der Waals surface area contributed by atoms with Gasteiger partial charge < -0.3 is 10.0 Å². The molecule has 5 heteroatoms. The van der Waals surface area contributed by atoms with Crippen LogP contribution in [0.15, 0.2) is 0 Å². The Balaban J connectivity index is 2.63. The van der Waals surface area contributed by atoms with Crippen LogP contribution >= 0.6 is 0 Å². The highest BCUT2D eigenvalue weighted by atomic mass is 16.3. The first-order chi connectivity index (χ1) is 5.16. The lowest BCUT2D eigenvalue weighted by molar-refractivity contribution is -0.121. The molecule has 1 aliphatic heterocycles. The summed E-state index contributed by atoms with van der Waals surface area (Å²) in [4.78, 5) is 23.0. The van der Waals surface area contributed by atoms with E-state index in [2.05, 4.69) is 5.32 Å². The number of nitrogens with zero attached hydrogens (tertiary/aromatic N) is 1. The Kier molecular flexibility index (Phi) is 2.09. The second-order valence-electron chi connectivity index (χ2n) is 2.39. The molecule has 1 aliphatic rings. The van der Waals surface area contributed by atoms with Crippen molar-refractivity contribution in [3.63, 3.8) is 0 Å². The molecular weight excluding hydrogens is 148 g/mol. The van der Waals surface area contributed by atoms with Gasteiger partial charge in [0.2, 0.25) is 0 Å². The number of β-amino-alcohol motifs (C(OH)–C–C–N with tert-alkyl or cyclic N) is 1. The van der Waals surface area contributed by atoms with Crippen molar-refractivity contribution in [2.45, 2.75) is 13.0 Å². The number of aliphatic hydroxyl groups is 1. The van der Waals surface area contributed by atoms with Crippen molar-refractivity contribution in [1.29, 1.82) is 0 Å². The largest absolute Gasteiger partial charge is 0.395 e. The quantitative estimate of drug-likeness (QED) is 0.502. The van der Waals surface area contributed by atoms with Gasteiger partial charge in [-0.25, -0.2) is 4.79 Å². The number of amides is 3. The maximum atomic E-state index is 10.9. The van der Waals surface area contributed by atoms with Crippen LogP contribution in [-0.2, 0) is 4.79 Å². The van der Waals surface area contributed by atoms with Crippen LogP contribution in [0.2, 0.25) is 0 Å². The fourth-order valence-electron chi connectivity index (χ4n) is 1.00. The van der Waals surface area contributed by atoms with E-state index >= 15 is 0 Å². The first-order valence-corrected chi connectivity index (χ1v) is 3.39. The molecule has 5 nitrogen and oxygen atoms in total. The van der Waals surface area contributed by atoms with E-state index in [0.717, 1.165) is 0 Å². The molecule has 0 bridgehead atoms. The van der Waals surface area contributed by atoms with Crippen molar-refractivity contribution in [3.05, 3.63) is 0 Å². The number of carbonyl (C=O) groups is 2. The predicted octanol–water partition coefficient (Wildman–Crippen LogP) is -1.08. The average Bonchev–Trinajstić information content (AvgIpc) is 2.17. The van der Waals surface area contributed by atoms with Gasteiger partial charge in [-0.3, -0.25) is 10.1 Å². The van der Waals surface area contributed by atoms with Crippen LogP contribution in [0, 0.1) is 0 Å². The molecule has 2 N–H and O–H groups in total. The fourth-order valence-corrected chi connectivity index (χ4v) is 1.00. The van der Waals surface area contributed by atoms with Crippen LogP contribution in [-0.4, -0.2) is 41.1 Å². The third-order valence-electron chi connectivity index (χ3n) is 1.68. The maximum absolute atomic E-state index is 10.9. The van der Waals surface area contributed by atoms with Crippen molar-refractivity contribution in [1.82, 2.24) is 10.2 Å². The van der Waals surface area contributed by atoms with Crippen LogP contribution in [0.1, 0.15) is 6.92 Å². The summed E-state index contributed by atoms with van der Waals surface area (Å²) in [7, 11) is 0. The summed E-state index contributed by atoms with van der Waals surface area (Å²) in [6.07, 6.45) is 0. The van der Waals surface area contributed by atoms with Gasteiger partial charge >= 0.3 is 6.03 Å². The van der Waals surface area contributed by atoms with E-state index in [1.165, 1.54) is 4.90 Å². The normalized spacial score (nSPS) is 24.2. The summed E-state index contributed by atoms with van der Waals surface area (Å²) in [6.45, 7) is 1.71. The summed E-state index contributed by atoms with van der Waals surface area (Å²) in [5, 5.41) is 10.7. The number of nitrogens with one attached hydrogen (secondary N) is 1. The number of rotatable bonds is 2. The Morgan fingerprint density at radius 2 is 2.27 bits per heavy atom. The highest BCUT2D eigenvalue weighted by Crippen LogP contribution is 2.05. The van der Waals surface area contributed by atoms with E-state index in [9.17, 15) is 9.59 Å². The van der Waals surface area contributed by atoms with E-state index in [1.54, 1.807) is 6.92 Å². The number of urea groups is 1. The van der Waals surface area contributed by atoms with E-state index in [0.29, 0.717) is 0 Å². The van der Waals surface area contributed by atoms with Gasteiger partial charge in [0, 0.05) is 6.54 Å². The van der Waals surface area contributed by atoms with Gasteiger partial charge in [-0.15, -0.1) is 0 Å². The van der Waals surface area contributed by atoms with Crippen molar-refractivity contribution in [2.24, 2.45) is 0 Å². The Hall–Kier alpha value is -1.10. The van der Waals surface area contributed by atoms with Crippen LogP contribution in [0.5, 0.6) is 0 Å². The highest BCUT2D eigenvalue weighted by Gasteiger charge is 2.33. The number of imide groups is 1. The SMILES string of the molecule is CC1C(=O)NC(=O)N1CCO. The van der Waals surface area contributed by atoms with E-state index in [-0.39, 0.29) is 19.1 Å². The van der Waals surface area contributed by atoms with Crippen molar-refractivity contribution in [2.75, 3.05) is 13.2 Å². The lowest BCUT2D eigenvalue weighted by atomic mass is 10.3. The molecule has 1 fully saturated rings. The van der Waals surface area contributed by atoms with Crippen molar-refractivity contribution >= 4 is 11.9 Å². The molecule has 0 saturated carbocycles. The lowest BCUT2D eigenvalue weighted by Gasteiger charge is -2.15. The monoisotopic (exact) mass is 158 g/mol. The Morgan fingerprint density at radius 3 is 2.64 bits per heavy atom. The Labute approximate surface area is 64.0 Å². The first-order valence-electron chi connectivity index (χ1n) is 3.39. The minimum Gasteiger partial charge on any atom is -0.395 e. The molecule has 1 heterocycles. The Morgan fingerprint density at radius 1 is 1.64 bits per heavy atom. The lowest BCUT2D eigenvalue weighted by Crippen LogP contribution is -2.35. The van der Waals surface area contributed by atoms with Gasteiger partial charge in [-0.05, 0) is 6.92 Å². The van der Waals surface area contributed by atoms with Crippen LogP contribution in [0.3, 0.4) is 0 Å². The topological polar surface area (TPSA) is 69.6 Å². The second kappa shape index (κ2) is 2.87. The molecule has 0 aromatic heterocycles. The zero-order valence-electron chi connectivity index (χ0n) is 6.20. The van der Waals surface area contributed by atoms with Gasteiger partial charge in [-0.1, -0.05) is 0 Å². The maximum Gasteiger partial charge on any atom is 0.324 e. The summed E-state index contributed by atoms with van der Waals surface area (Å²) in [6, 6.07) is -0.869. The van der Waals surface area contributed by atoms with Crippen LogP contribution < -0.4 is 5.32 Å². The van der Waals surface area contributed by atoms with E-state index in [4.69, 9.17) is 5.11 Å². The molecule has 0 radical (unpaired) electrons. The van der Waals surface area contributed by atoms with Gasteiger partial charge in [0.25, 0.3) is 5.91 Å². The highest BCUT2D eigenvalue weighted by molar-refractivity contribution is 6.03. The zero-order chi connectivity index (χ0) is 8.43. The van der Waals surface area contributed by atoms with Gasteiger partial charge in [0.15, 0.2) is 0 Å². The van der Waals surface area contributed by atoms with E-state index < -0.39 is 12.1 Å². The van der Waals surface area contributed by atoms with Gasteiger partial charge in [0.1, 0.15) is 6.04 Å². The molecule has 0 aromatic carbocycles. The third-order valence-corrected chi connectivity index (χ3v) is 1.68. The van der Waals surface area contributed by atoms with Crippen LogP contribution in [0.4, 0.5) is 4.79 Å². The molecule has 3 amide bonds. The summed E-state index contributed by atoms with van der Waals surface area (Å²) < 4.78 is 0. The minimum atomic E-state index is -0.449. The van der Waals surface area contributed by atoms with E-state index in [1.807, 2.05) is 0 Å². The van der Waals surface area contributed by atoms with Crippen molar-refractivity contribution in [3.8, 4) is 0 Å². The average molecular weight is 158 g/mol. The minimum absolute atomic E-state index is 0.120. The Bertz CT molecular complexity index is 192. The molecule has 1 rings (SSSR count). The molecule has 1 atom stereocenters. The molecule has 0 aromatic rings. The summed E-state index contributed by atoms with van der Waals surface area (Å²) in [5.74, 6) is -0.302. The molecular formula is C6H10N2O3. The number of aliphatic hydroxyl groups excluding tert-OH is 1. The van der Waals surface area contributed by atoms with Crippen molar-refractivity contribution < 1.29 is 14.7 Å². The zero-order valence-corrected chi connectivity index (χ0v) is 6.20. The standard InChI is InChI=1S/C6H10N2O3/c1-4-5(10)7-6(11)8(4)2-3-9/h4,9H,2-3H2,1H3,(H,7,10,11). The molecule has 0 spiro atoms. The second-order valence-corrected chi connectivity index (χ2v) is 2.39. The third kappa shape index (κ3) is 1.32. The van der Waals surface area contributed by atoms with Gasteiger partial charge in [-0.2, -0.15) is 0 Å². The number of hydrogen-bond acceptors (Lipinski definition) is 3. The van der Waals surface area contributed by atoms with Crippen LogP contribution in [0.25, 0.3) is 0 Å². The number of hydrogen-bond donors (Lipinski definition) is 2. The molecule has 1 saturated heterocycles. The summed E-state index contributed by atoms with van der Waals surface area (Å²) >= 11 is 0. The molecule has 1 unspecified atom stereocenters. The molecule has 0 aliphatic carbocycles. The number of carbonyl (C=O) groups excluding carboxylic acids is 2. The predicted molar refractivity (Wildman–Crippen MR) is 36.8 cm³/mol.